The third kappa shape index (κ3) is 6.94. The van der Waals surface area contributed by atoms with E-state index in [1.807, 2.05) is 31.2 Å². The number of para-hydroxylation sites is 1. The van der Waals surface area contributed by atoms with E-state index in [2.05, 4.69) is 5.32 Å². The Morgan fingerprint density at radius 1 is 1.07 bits per heavy atom. The molecule has 28 heavy (non-hydrogen) atoms. The Morgan fingerprint density at radius 2 is 1.82 bits per heavy atom. The van der Waals surface area contributed by atoms with E-state index < -0.39 is 12.1 Å². The van der Waals surface area contributed by atoms with Gasteiger partial charge in [0.05, 0.1) is 6.61 Å². The molecule has 5 nitrogen and oxygen atoms in total. The van der Waals surface area contributed by atoms with E-state index >= 15 is 0 Å². The molecule has 0 heterocycles. The number of anilines is 1. The fraction of sp³-hybridized carbons (Fsp3) is 0.300. The Bertz CT molecular complexity index is 822. The first-order valence-electron chi connectivity index (χ1n) is 8.68. The lowest BCUT2D eigenvalue weighted by atomic mass is 10.2. The molecule has 0 aliphatic carbocycles. The molecule has 0 saturated heterocycles. The highest BCUT2D eigenvalue weighted by molar-refractivity contribution is 5.90. The maximum Gasteiger partial charge on any atom is 0.471 e. The van der Waals surface area contributed by atoms with Crippen molar-refractivity contribution in [1.29, 1.82) is 0 Å². The fourth-order valence-corrected chi connectivity index (χ4v) is 2.40. The minimum absolute atomic E-state index is 0.232. The first kappa shape index (κ1) is 21.3. The number of aryl methyl sites for hydroxylation is 1. The molecule has 2 aromatic carbocycles. The van der Waals surface area contributed by atoms with E-state index in [0.717, 1.165) is 11.3 Å². The number of halogens is 3. The average molecular weight is 394 g/mol. The fourth-order valence-electron chi connectivity index (χ4n) is 2.40. The van der Waals surface area contributed by atoms with Crippen LogP contribution in [-0.2, 0) is 16.1 Å². The molecule has 0 spiro atoms. The molecule has 0 unspecified atom stereocenters. The monoisotopic (exact) mass is 394 g/mol. The van der Waals surface area contributed by atoms with Crippen molar-refractivity contribution in [3.63, 3.8) is 0 Å². The third-order valence-corrected chi connectivity index (χ3v) is 3.82. The largest absolute Gasteiger partial charge is 0.493 e. The van der Waals surface area contributed by atoms with Crippen molar-refractivity contribution in [3.05, 3.63) is 59.7 Å². The van der Waals surface area contributed by atoms with Gasteiger partial charge in [0, 0.05) is 18.7 Å². The molecule has 0 aromatic heterocycles. The Balaban J connectivity index is 1.76. The predicted octanol–water partition coefficient (Wildman–Crippen LogP) is 3.97. The summed E-state index contributed by atoms with van der Waals surface area (Å²) in [5, 5.41) is 4.47. The van der Waals surface area contributed by atoms with E-state index in [4.69, 9.17) is 4.74 Å². The second-order valence-corrected chi connectivity index (χ2v) is 6.15. The number of rotatable bonds is 8. The summed E-state index contributed by atoms with van der Waals surface area (Å²) in [6.45, 7) is 2.04. The molecule has 0 radical (unpaired) electrons. The molecule has 0 saturated carbocycles. The van der Waals surface area contributed by atoms with Gasteiger partial charge in [-0.05, 0) is 42.7 Å². The molecule has 8 heteroatoms. The number of nitrogens with one attached hydrogen (secondary N) is 2. The van der Waals surface area contributed by atoms with Gasteiger partial charge in [-0.25, -0.2) is 0 Å². The summed E-state index contributed by atoms with van der Waals surface area (Å²) >= 11 is 0. The SMILES string of the molecule is Cc1ccccc1OCCCC(=O)Nc1cccc(CNC(=O)C(F)(F)F)c1. The van der Waals surface area contributed by atoms with Crippen molar-refractivity contribution < 1.29 is 27.5 Å². The summed E-state index contributed by atoms with van der Waals surface area (Å²) in [5.41, 5.74) is 1.91. The number of ether oxygens (including phenoxy) is 1. The molecule has 150 valence electrons. The average Bonchev–Trinajstić information content (AvgIpc) is 2.64. The van der Waals surface area contributed by atoms with Gasteiger partial charge in [-0.1, -0.05) is 30.3 Å². The number of benzene rings is 2. The molecule has 2 N–H and O–H groups in total. The van der Waals surface area contributed by atoms with Crippen molar-refractivity contribution in [3.8, 4) is 5.75 Å². The van der Waals surface area contributed by atoms with E-state index in [-0.39, 0.29) is 18.9 Å². The minimum Gasteiger partial charge on any atom is -0.493 e. The highest BCUT2D eigenvalue weighted by Crippen LogP contribution is 2.17. The first-order chi connectivity index (χ1) is 13.3. The van der Waals surface area contributed by atoms with Crippen LogP contribution in [0.4, 0.5) is 18.9 Å². The van der Waals surface area contributed by atoms with Crippen LogP contribution in [0.15, 0.2) is 48.5 Å². The summed E-state index contributed by atoms with van der Waals surface area (Å²) in [6.07, 6.45) is -4.17. The number of amides is 2. The van der Waals surface area contributed by atoms with Crippen LogP contribution in [0.2, 0.25) is 0 Å². The van der Waals surface area contributed by atoms with Gasteiger partial charge in [0.25, 0.3) is 0 Å². The molecule has 2 rings (SSSR count). The number of hydrogen-bond acceptors (Lipinski definition) is 3. The standard InChI is InChI=1S/C20H21F3N2O3/c1-14-6-2-3-9-17(14)28-11-5-10-18(26)25-16-8-4-7-15(12-16)13-24-19(27)20(21,22)23/h2-4,6-9,12H,5,10-11,13H2,1H3,(H,24,27)(H,25,26). The second-order valence-electron chi connectivity index (χ2n) is 6.15. The number of carbonyl (C=O) groups excluding carboxylic acids is 2. The molecular weight excluding hydrogens is 373 g/mol. The summed E-state index contributed by atoms with van der Waals surface area (Å²) in [5.74, 6) is -1.46. The minimum atomic E-state index is -4.92. The quantitative estimate of drug-likeness (QED) is 0.666. The Hall–Kier alpha value is -3.03. The van der Waals surface area contributed by atoms with Crippen LogP contribution in [0.1, 0.15) is 24.0 Å². The second kappa shape index (κ2) is 9.77. The third-order valence-electron chi connectivity index (χ3n) is 3.82. The van der Waals surface area contributed by atoms with E-state index in [1.165, 1.54) is 6.07 Å². The Kier molecular flexibility index (Phi) is 7.43. The van der Waals surface area contributed by atoms with Crippen LogP contribution >= 0.6 is 0 Å². The molecule has 0 fully saturated rings. The maximum atomic E-state index is 12.2. The lowest BCUT2D eigenvalue weighted by Crippen LogP contribution is -2.36. The van der Waals surface area contributed by atoms with Crippen LogP contribution in [0, 0.1) is 6.92 Å². The molecule has 0 aliphatic rings. The van der Waals surface area contributed by atoms with Gasteiger partial charge in [0.2, 0.25) is 5.91 Å². The van der Waals surface area contributed by atoms with Crippen LogP contribution < -0.4 is 15.4 Å². The summed E-state index contributed by atoms with van der Waals surface area (Å²) in [7, 11) is 0. The van der Waals surface area contributed by atoms with Crippen molar-refractivity contribution in [2.45, 2.75) is 32.5 Å². The lowest BCUT2D eigenvalue weighted by Gasteiger charge is -2.10. The summed E-state index contributed by atoms with van der Waals surface area (Å²) in [6, 6.07) is 13.9. The zero-order valence-corrected chi connectivity index (χ0v) is 15.3. The van der Waals surface area contributed by atoms with E-state index in [9.17, 15) is 22.8 Å². The zero-order chi connectivity index (χ0) is 20.6. The Morgan fingerprint density at radius 3 is 2.54 bits per heavy atom. The molecule has 0 atom stereocenters. The normalized spacial score (nSPS) is 11.0. The van der Waals surface area contributed by atoms with Gasteiger partial charge in [-0.2, -0.15) is 13.2 Å². The number of carbonyl (C=O) groups is 2. The highest BCUT2D eigenvalue weighted by atomic mass is 19.4. The van der Waals surface area contributed by atoms with Crippen LogP contribution in [0.3, 0.4) is 0 Å². The van der Waals surface area contributed by atoms with Gasteiger partial charge in [-0.15, -0.1) is 0 Å². The Labute approximate surface area is 160 Å². The molecular formula is C20H21F3N2O3. The van der Waals surface area contributed by atoms with Gasteiger partial charge in [0.1, 0.15) is 5.75 Å². The van der Waals surface area contributed by atoms with E-state index in [1.54, 1.807) is 23.5 Å². The first-order valence-corrected chi connectivity index (χ1v) is 8.68. The van der Waals surface area contributed by atoms with E-state index in [0.29, 0.717) is 24.3 Å². The summed E-state index contributed by atoms with van der Waals surface area (Å²) in [4.78, 5) is 22.9. The number of hydrogen-bond donors (Lipinski definition) is 2. The lowest BCUT2D eigenvalue weighted by molar-refractivity contribution is -0.173. The topological polar surface area (TPSA) is 67.4 Å². The van der Waals surface area contributed by atoms with Gasteiger partial charge >= 0.3 is 12.1 Å². The predicted molar refractivity (Wildman–Crippen MR) is 98.9 cm³/mol. The van der Waals surface area contributed by atoms with Gasteiger partial charge in [0.15, 0.2) is 0 Å². The van der Waals surface area contributed by atoms with Crippen LogP contribution in [0.5, 0.6) is 5.75 Å². The van der Waals surface area contributed by atoms with Crippen LogP contribution in [0.25, 0.3) is 0 Å². The maximum absolute atomic E-state index is 12.2. The molecule has 2 amide bonds. The summed E-state index contributed by atoms with van der Waals surface area (Å²) < 4.78 is 42.2. The zero-order valence-electron chi connectivity index (χ0n) is 15.3. The number of alkyl halides is 3. The van der Waals surface area contributed by atoms with Crippen molar-refractivity contribution >= 4 is 17.5 Å². The smallest absolute Gasteiger partial charge is 0.471 e. The highest BCUT2D eigenvalue weighted by Gasteiger charge is 2.38. The van der Waals surface area contributed by atoms with Gasteiger partial charge < -0.3 is 15.4 Å². The molecule has 2 aromatic rings. The van der Waals surface area contributed by atoms with Gasteiger partial charge in [-0.3, -0.25) is 9.59 Å². The van der Waals surface area contributed by atoms with Crippen molar-refractivity contribution in [2.24, 2.45) is 0 Å². The van der Waals surface area contributed by atoms with Crippen molar-refractivity contribution in [2.75, 3.05) is 11.9 Å². The van der Waals surface area contributed by atoms with Crippen LogP contribution in [-0.4, -0.2) is 24.6 Å². The van der Waals surface area contributed by atoms with Crippen molar-refractivity contribution in [1.82, 2.24) is 5.32 Å². The molecule has 0 bridgehead atoms. The molecule has 0 aliphatic heterocycles.